The van der Waals surface area contributed by atoms with Crippen molar-refractivity contribution in [1.29, 1.82) is 0 Å². The second kappa shape index (κ2) is 3.48. The number of thiophene rings is 1. The Hall–Kier alpha value is 0.140. The van der Waals surface area contributed by atoms with Crippen molar-refractivity contribution >= 4 is 27.3 Å². The van der Waals surface area contributed by atoms with Gasteiger partial charge in [0, 0.05) is 0 Å². The number of rotatable bonds is 3. The average molecular weight is 247 g/mol. The van der Waals surface area contributed by atoms with Crippen LogP contribution in [-0.2, 0) is 0 Å². The van der Waals surface area contributed by atoms with Crippen molar-refractivity contribution in [2.45, 2.75) is 25.4 Å². The molecule has 1 saturated carbocycles. The van der Waals surface area contributed by atoms with Crippen molar-refractivity contribution in [2.75, 3.05) is 0 Å². The lowest BCUT2D eigenvalue weighted by Crippen LogP contribution is -1.95. The maximum atomic E-state index is 9.73. The summed E-state index contributed by atoms with van der Waals surface area (Å²) in [6, 6.07) is 2.01. The summed E-state index contributed by atoms with van der Waals surface area (Å²) in [6.45, 7) is 0. The molecule has 1 aliphatic carbocycles. The van der Waals surface area contributed by atoms with E-state index in [4.69, 9.17) is 0 Å². The van der Waals surface area contributed by atoms with Crippen molar-refractivity contribution in [3.8, 4) is 0 Å². The van der Waals surface area contributed by atoms with E-state index in [2.05, 4.69) is 15.9 Å². The Balaban J connectivity index is 1.97. The average Bonchev–Trinajstić information content (AvgIpc) is 2.72. The highest BCUT2D eigenvalue weighted by atomic mass is 79.9. The highest BCUT2D eigenvalue weighted by molar-refractivity contribution is 9.11. The van der Waals surface area contributed by atoms with Crippen molar-refractivity contribution in [1.82, 2.24) is 0 Å². The first-order chi connectivity index (χ1) is 5.75. The molecule has 0 spiro atoms. The Morgan fingerprint density at radius 3 is 2.92 bits per heavy atom. The predicted octanol–water partition coefficient (Wildman–Crippen LogP) is 3.34. The Labute approximate surface area is 84.6 Å². The van der Waals surface area contributed by atoms with Crippen LogP contribution >= 0.6 is 27.3 Å². The monoisotopic (exact) mass is 246 g/mol. The summed E-state index contributed by atoms with van der Waals surface area (Å²) < 4.78 is 1.10. The highest BCUT2D eigenvalue weighted by Crippen LogP contribution is 2.38. The Bertz CT molecular complexity index is 267. The fourth-order valence-corrected chi connectivity index (χ4v) is 2.53. The molecule has 0 radical (unpaired) electrons. The number of aliphatic hydroxyl groups is 1. The van der Waals surface area contributed by atoms with E-state index >= 15 is 0 Å². The molecule has 0 amide bonds. The zero-order chi connectivity index (χ0) is 8.55. The minimum atomic E-state index is -0.236. The van der Waals surface area contributed by atoms with Crippen LogP contribution < -0.4 is 0 Å². The van der Waals surface area contributed by atoms with Gasteiger partial charge in [0.1, 0.15) is 0 Å². The third-order valence-corrected chi connectivity index (χ3v) is 3.75. The molecule has 1 nitrogen and oxygen atoms in total. The van der Waals surface area contributed by atoms with Crippen LogP contribution in [0.25, 0.3) is 0 Å². The van der Waals surface area contributed by atoms with Crippen molar-refractivity contribution in [3.05, 3.63) is 20.8 Å². The Kier molecular flexibility index (Phi) is 2.53. The second-order valence-electron chi connectivity index (χ2n) is 3.38. The van der Waals surface area contributed by atoms with Crippen LogP contribution in [0.5, 0.6) is 0 Å². The lowest BCUT2D eigenvalue weighted by atomic mass is 10.1. The lowest BCUT2D eigenvalue weighted by molar-refractivity contribution is 0.161. The van der Waals surface area contributed by atoms with Crippen LogP contribution in [0.1, 0.15) is 30.9 Å². The van der Waals surface area contributed by atoms with Crippen molar-refractivity contribution in [3.63, 3.8) is 0 Å². The van der Waals surface area contributed by atoms with E-state index in [1.165, 1.54) is 12.8 Å². The molecule has 1 heterocycles. The maximum Gasteiger partial charge on any atom is 0.0801 e. The maximum absolute atomic E-state index is 9.73. The van der Waals surface area contributed by atoms with Crippen LogP contribution in [0.2, 0.25) is 0 Å². The van der Waals surface area contributed by atoms with Crippen LogP contribution in [0.3, 0.4) is 0 Å². The van der Waals surface area contributed by atoms with Gasteiger partial charge in [0.2, 0.25) is 0 Å². The van der Waals surface area contributed by atoms with Gasteiger partial charge in [-0.2, -0.15) is 0 Å². The van der Waals surface area contributed by atoms with E-state index in [1.807, 2.05) is 11.4 Å². The van der Waals surface area contributed by atoms with Gasteiger partial charge in [-0.25, -0.2) is 0 Å². The standard InChI is InChI=1S/C9H11BrOS/c10-9-4-7(5-12-9)8(11)3-6-1-2-6/h4-6,8,11H,1-3H2. The molecule has 2 rings (SSSR count). The molecule has 1 aromatic rings. The van der Waals surface area contributed by atoms with Crippen molar-refractivity contribution in [2.24, 2.45) is 5.92 Å². The molecule has 1 fully saturated rings. The van der Waals surface area contributed by atoms with Crippen LogP contribution in [0, 0.1) is 5.92 Å². The number of hydrogen-bond donors (Lipinski definition) is 1. The first kappa shape index (κ1) is 8.73. The molecule has 0 aliphatic heterocycles. The number of halogens is 1. The molecular weight excluding hydrogens is 236 g/mol. The predicted molar refractivity (Wildman–Crippen MR) is 54.3 cm³/mol. The molecule has 0 saturated heterocycles. The van der Waals surface area contributed by atoms with Gasteiger partial charge >= 0.3 is 0 Å². The van der Waals surface area contributed by atoms with E-state index in [-0.39, 0.29) is 6.10 Å². The third-order valence-electron chi connectivity index (χ3n) is 2.23. The van der Waals surface area contributed by atoms with E-state index < -0.39 is 0 Å². The lowest BCUT2D eigenvalue weighted by Gasteiger charge is -2.06. The van der Waals surface area contributed by atoms with Gasteiger partial charge in [-0.15, -0.1) is 11.3 Å². The molecule has 1 aromatic heterocycles. The van der Waals surface area contributed by atoms with Gasteiger partial charge in [0.15, 0.2) is 0 Å². The van der Waals surface area contributed by atoms with E-state index in [0.717, 1.165) is 21.7 Å². The smallest absolute Gasteiger partial charge is 0.0801 e. The molecule has 0 bridgehead atoms. The molecule has 1 aliphatic rings. The largest absolute Gasteiger partial charge is 0.388 e. The number of hydrogen-bond acceptors (Lipinski definition) is 2. The molecule has 1 N–H and O–H groups in total. The summed E-state index contributed by atoms with van der Waals surface area (Å²) in [7, 11) is 0. The summed E-state index contributed by atoms with van der Waals surface area (Å²) in [5.74, 6) is 0.790. The fraction of sp³-hybridized carbons (Fsp3) is 0.556. The van der Waals surface area contributed by atoms with Crippen LogP contribution in [0.15, 0.2) is 15.2 Å². The second-order valence-corrected chi connectivity index (χ2v) is 5.67. The molecule has 3 heteroatoms. The minimum absolute atomic E-state index is 0.236. The SMILES string of the molecule is OC(CC1CC1)c1csc(Br)c1. The van der Waals surface area contributed by atoms with E-state index in [0.29, 0.717) is 0 Å². The van der Waals surface area contributed by atoms with Gasteiger partial charge in [0.25, 0.3) is 0 Å². The minimum Gasteiger partial charge on any atom is -0.388 e. The first-order valence-electron chi connectivity index (χ1n) is 4.17. The zero-order valence-corrected chi connectivity index (χ0v) is 9.07. The summed E-state index contributed by atoms with van der Waals surface area (Å²) in [5, 5.41) is 11.8. The molecule has 1 atom stereocenters. The van der Waals surface area contributed by atoms with Gasteiger partial charge in [-0.3, -0.25) is 0 Å². The number of aliphatic hydroxyl groups excluding tert-OH is 1. The highest BCUT2D eigenvalue weighted by Gasteiger charge is 2.25. The van der Waals surface area contributed by atoms with E-state index in [9.17, 15) is 5.11 Å². The summed E-state index contributed by atoms with van der Waals surface area (Å²) >= 11 is 5.03. The zero-order valence-electron chi connectivity index (χ0n) is 6.66. The topological polar surface area (TPSA) is 20.2 Å². The molecule has 12 heavy (non-hydrogen) atoms. The summed E-state index contributed by atoms with van der Waals surface area (Å²) in [6.07, 6.45) is 3.33. The molecule has 66 valence electrons. The van der Waals surface area contributed by atoms with Gasteiger partial charge in [0.05, 0.1) is 9.89 Å². The van der Waals surface area contributed by atoms with Gasteiger partial charge in [-0.1, -0.05) is 12.8 Å². The fourth-order valence-electron chi connectivity index (χ4n) is 1.30. The summed E-state index contributed by atoms with van der Waals surface area (Å²) in [5.41, 5.74) is 1.07. The first-order valence-corrected chi connectivity index (χ1v) is 5.85. The molecule has 0 aromatic carbocycles. The normalized spacial score (nSPS) is 19.5. The Morgan fingerprint density at radius 1 is 1.67 bits per heavy atom. The van der Waals surface area contributed by atoms with Crippen LogP contribution in [0.4, 0.5) is 0 Å². The van der Waals surface area contributed by atoms with Crippen molar-refractivity contribution < 1.29 is 5.11 Å². The van der Waals surface area contributed by atoms with Crippen LogP contribution in [-0.4, -0.2) is 5.11 Å². The summed E-state index contributed by atoms with van der Waals surface area (Å²) in [4.78, 5) is 0. The molecular formula is C9H11BrOS. The van der Waals surface area contributed by atoms with Gasteiger partial charge < -0.3 is 5.11 Å². The van der Waals surface area contributed by atoms with Gasteiger partial charge in [-0.05, 0) is 45.3 Å². The Morgan fingerprint density at radius 2 is 2.42 bits per heavy atom. The third kappa shape index (κ3) is 2.09. The van der Waals surface area contributed by atoms with E-state index in [1.54, 1.807) is 11.3 Å². The molecule has 1 unspecified atom stereocenters. The quantitative estimate of drug-likeness (QED) is 0.868.